The number of amides is 1. The minimum atomic E-state index is -3.49. The molecule has 41 heavy (non-hydrogen) atoms. The van der Waals surface area contributed by atoms with E-state index in [0.29, 0.717) is 17.1 Å². The van der Waals surface area contributed by atoms with Gasteiger partial charge in [-0.25, -0.2) is 17.8 Å². The second-order valence-electron chi connectivity index (χ2n) is 12.4. The molecule has 0 bridgehead atoms. The van der Waals surface area contributed by atoms with Crippen molar-refractivity contribution in [2.24, 2.45) is 23.2 Å². The third kappa shape index (κ3) is 6.85. The molecule has 0 spiro atoms. The summed E-state index contributed by atoms with van der Waals surface area (Å²) in [5, 5.41) is 15.3. The van der Waals surface area contributed by atoms with Gasteiger partial charge in [0.2, 0.25) is 5.91 Å². The van der Waals surface area contributed by atoms with Crippen LogP contribution in [0.1, 0.15) is 60.7 Å². The third-order valence-electron chi connectivity index (χ3n) is 9.50. The first kappa shape index (κ1) is 30.5. The van der Waals surface area contributed by atoms with Crippen LogP contribution < -0.4 is 5.32 Å². The van der Waals surface area contributed by atoms with E-state index in [0.717, 1.165) is 62.7 Å². The number of hydrogen-bond donors (Lipinski definition) is 2. The fourth-order valence-corrected chi connectivity index (χ4v) is 10.4. The van der Waals surface area contributed by atoms with Gasteiger partial charge in [-0.1, -0.05) is 32.9 Å². The molecule has 8 nitrogen and oxygen atoms in total. The molecule has 1 aromatic carbocycles. The van der Waals surface area contributed by atoms with Gasteiger partial charge >= 0.3 is 0 Å². The van der Waals surface area contributed by atoms with Crippen LogP contribution in [0.15, 0.2) is 24.3 Å². The maximum Gasteiger partial charge on any atom is 0.223 e. The number of aromatic nitrogens is 1. The van der Waals surface area contributed by atoms with Gasteiger partial charge < -0.3 is 15.2 Å². The Bertz CT molecular complexity index is 1330. The molecule has 1 saturated carbocycles. The van der Waals surface area contributed by atoms with Crippen LogP contribution in [0.5, 0.6) is 0 Å². The molecule has 2 N–H and O–H groups in total. The minimum absolute atomic E-state index is 0.0163. The molecule has 0 radical (unpaired) electrons. The van der Waals surface area contributed by atoms with E-state index in [2.05, 4.69) is 24.1 Å². The van der Waals surface area contributed by atoms with Crippen molar-refractivity contribution in [2.45, 2.75) is 63.6 Å². The summed E-state index contributed by atoms with van der Waals surface area (Å²) in [6.45, 7) is 10.8. The van der Waals surface area contributed by atoms with Crippen molar-refractivity contribution in [3.8, 4) is 0 Å². The van der Waals surface area contributed by atoms with E-state index in [-0.39, 0.29) is 46.5 Å². The van der Waals surface area contributed by atoms with Gasteiger partial charge in [0.25, 0.3) is 0 Å². The standard InChI is InChI=1S/C30H42FN3O5S2/c1-19(29(36)32-10-11-34-12-14-39-15-13-34)23-8-9-30(3)16-24-27(20(2)26(30)28(23)35)33-25(40-24)18-41(37,38)17-21-4-6-22(31)7-5-21/h4-7,19-20,23,26,28,35H,8-18H2,1-3H3,(H,32,36)/t19-,20-,23-,26+,28-,30-/m0/s1. The molecule has 1 amide bonds. The first-order chi connectivity index (χ1) is 19.5. The van der Waals surface area contributed by atoms with Crippen LogP contribution in [0.4, 0.5) is 4.39 Å². The molecular formula is C30H42FN3O5S2. The van der Waals surface area contributed by atoms with Gasteiger partial charge in [-0.2, -0.15) is 0 Å². The van der Waals surface area contributed by atoms with Crippen molar-refractivity contribution < 1.29 is 27.4 Å². The summed E-state index contributed by atoms with van der Waals surface area (Å²) in [6, 6.07) is 5.53. The molecule has 11 heteroatoms. The van der Waals surface area contributed by atoms with Crippen LogP contribution in [-0.4, -0.2) is 74.8 Å². The number of morpholine rings is 1. The predicted molar refractivity (Wildman–Crippen MR) is 157 cm³/mol. The number of hydrogen-bond acceptors (Lipinski definition) is 8. The molecule has 2 heterocycles. The first-order valence-electron chi connectivity index (χ1n) is 14.6. The summed E-state index contributed by atoms with van der Waals surface area (Å²) < 4.78 is 44.5. The quantitative estimate of drug-likeness (QED) is 0.449. The number of nitrogens with zero attached hydrogens (tertiary/aromatic N) is 2. The summed E-state index contributed by atoms with van der Waals surface area (Å²) in [5.74, 6) is -1.32. The molecule has 226 valence electrons. The fraction of sp³-hybridized carbons (Fsp3) is 0.667. The highest BCUT2D eigenvalue weighted by Crippen LogP contribution is 2.57. The number of aliphatic hydroxyl groups excluding tert-OH is 1. The molecule has 0 unspecified atom stereocenters. The van der Waals surface area contributed by atoms with Crippen molar-refractivity contribution in [1.82, 2.24) is 15.2 Å². The van der Waals surface area contributed by atoms with Gasteiger partial charge in [0.15, 0.2) is 9.84 Å². The van der Waals surface area contributed by atoms with Crippen molar-refractivity contribution in [3.05, 3.63) is 51.2 Å². The molecule has 6 atom stereocenters. The highest BCUT2D eigenvalue weighted by atomic mass is 32.2. The number of fused-ring (bicyclic) bond motifs is 2. The molecule has 1 aliphatic heterocycles. The normalized spacial score (nSPS) is 29.4. The van der Waals surface area contributed by atoms with E-state index in [4.69, 9.17) is 9.72 Å². The number of carbonyl (C=O) groups is 1. The van der Waals surface area contributed by atoms with E-state index < -0.39 is 21.8 Å². The first-order valence-corrected chi connectivity index (χ1v) is 17.3. The van der Waals surface area contributed by atoms with Crippen LogP contribution in [0, 0.1) is 29.0 Å². The van der Waals surface area contributed by atoms with Crippen molar-refractivity contribution in [2.75, 3.05) is 39.4 Å². The number of sulfone groups is 1. The topological polar surface area (TPSA) is 109 Å². The molecule has 2 aromatic rings. The summed E-state index contributed by atoms with van der Waals surface area (Å²) in [5.41, 5.74) is 1.28. The average molecular weight is 608 g/mol. The van der Waals surface area contributed by atoms with Crippen LogP contribution in [0.25, 0.3) is 0 Å². The molecular weight excluding hydrogens is 565 g/mol. The zero-order chi connectivity index (χ0) is 29.4. The van der Waals surface area contributed by atoms with Crippen molar-refractivity contribution >= 4 is 27.1 Å². The Hall–Kier alpha value is -1.92. The summed E-state index contributed by atoms with van der Waals surface area (Å²) in [4.78, 5) is 21.3. The maximum absolute atomic E-state index is 13.2. The number of rotatable bonds is 9. The number of thiazole rings is 1. The lowest BCUT2D eigenvalue weighted by molar-refractivity contribution is -0.134. The van der Waals surface area contributed by atoms with Gasteiger partial charge in [0.05, 0.1) is 30.8 Å². The van der Waals surface area contributed by atoms with Crippen molar-refractivity contribution in [1.29, 1.82) is 0 Å². The Morgan fingerprint density at radius 3 is 2.68 bits per heavy atom. The lowest BCUT2D eigenvalue weighted by Crippen LogP contribution is -2.53. The van der Waals surface area contributed by atoms with Crippen LogP contribution in [0.3, 0.4) is 0 Å². The van der Waals surface area contributed by atoms with Gasteiger partial charge in [-0.05, 0) is 54.2 Å². The van der Waals surface area contributed by atoms with Crippen LogP contribution >= 0.6 is 11.3 Å². The van der Waals surface area contributed by atoms with E-state index in [1.165, 1.54) is 35.6 Å². The van der Waals surface area contributed by atoms with Gasteiger partial charge in [0.1, 0.15) is 16.6 Å². The van der Waals surface area contributed by atoms with Crippen LogP contribution in [0.2, 0.25) is 0 Å². The lowest BCUT2D eigenvalue weighted by atomic mass is 9.53. The zero-order valence-corrected chi connectivity index (χ0v) is 25.8. The van der Waals surface area contributed by atoms with E-state index >= 15 is 0 Å². The second-order valence-corrected chi connectivity index (χ2v) is 15.7. The van der Waals surface area contributed by atoms with Gasteiger partial charge in [-0.15, -0.1) is 11.3 Å². The monoisotopic (exact) mass is 607 g/mol. The molecule has 1 aromatic heterocycles. The average Bonchev–Trinajstić information content (AvgIpc) is 3.31. The SMILES string of the molecule is C[C@H](C(=O)NCCN1CCOCC1)[C@@H]1CC[C@@]2(C)Cc3sc(CS(=O)(=O)Cc4ccc(F)cc4)nc3[C@@H](C)[C@@H]2[C@H]1O. The predicted octanol–water partition coefficient (Wildman–Crippen LogP) is 3.53. The van der Waals surface area contributed by atoms with Crippen LogP contribution in [-0.2, 0) is 37.3 Å². The Kier molecular flexibility index (Phi) is 9.21. The largest absolute Gasteiger partial charge is 0.392 e. The number of aliphatic hydroxyl groups is 1. The van der Waals surface area contributed by atoms with Crippen molar-refractivity contribution in [3.63, 3.8) is 0 Å². The minimum Gasteiger partial charge on any atom is -0.392 e. The number of benzene rings is 1. The Labute approximate surface area is 246 Å². The molecule has 3 aliphatic rings. The molecule has 2 fully saturated rings. The summed E-state index contributed by atoms with van der Waals surface area (Å²) in [6.07, 6.45) is 1.76. The third-order valence-corrected chi connectivity index (χ3v) is 12.2. The molecule has 1 saturated heterocycles. The summed E-state index contributed by atoms with van der Waals surface area (Å²) >= 11 is 1.46. The Morgan fingerprint density at radius 2 is 1.98 bits per heavy atom. The Morgan fingerprint density at radius 1 is 1.27 bits per heavy atom. The summed E-state index contributed by atoms with van der Waals surface area (Å²) in [7, 11) is -3.49. The molecule has 5 rings (SSSR count). The van der Waals surface area contributed by atoms with E-state index in [1.54, 1.807) is 0 Å². The van der Waals surface area contributed by atoms with Gasteiger partial charge in [0, 0.05) is 42.9 Å². The highest BCUT2D eigenvalue weighted by molar-refractivity contribution is 7.90. The zero-order valence-electron chi connectivity index (χ0n) is 24.1. The maximum atomic E-state index is 13.2. The Balaban J connectivity index is 1.24. The highest BCUT2D eigenvalue weighted by Gasteiger charge is 2.53. The van der Waals surface area contributed by atoms with Gasteiger partial charge in [-0.3, -0.25) is 9.69 Å². The van der Waals surface area contributed by atoms with E-state index in [9.17, 15) is 22.7 Å². The number of carbonyl (C=O) groups excluding carboxylic acids is 1. The second kappa shape index (κ2) is 12.4. The lowest BCUT2D eigenvalue weighted by Gasteiger charge is -2.53. The number of nitrogens with one attached hydrogen (secondary N) is 1. The number of ether oxygens (including phenoxy) is 1. The fourth-order valence-electron chi connectivity index (χ4n) is 7.25. The smallest absolute Gasteiger partial charge is 0.223 e. The van der Waals surface area contributed by atoms with E-state index in [1.807, 2.05) is 6.92 Å². The molecule has 2 aliphatic carbocycles. The number of halogens is 1.